The van der Waals surface area contributed by atoms with Crippen LogP contribution in [0.5, 0.6) is 0 Å². The van der Waals surface area contributed by atoms with E-state index in [4.69, 9.17) is 11.6 Å². The van der Waals surface area contributed by atoms with Crippen molar-refractivity contribution in [3.63, 3.8) is 0 Å². The molecule has 0 aliphatic heterocycles. The van der Waals surface area contributed by atoms with Crippen molar-refractivity contribution in [2.75, 3.05) is 5.75 Å². The summed E-state index contributed by atoms with van der Waals surface area (Å²) < 4.78 is 39.4. The van der Waals surface area contributed by atoms with Crippen LogP contribution in [0.4, 0.5) is 8.78 Å². The molecule has 6 heteroatoms. The van der Waals surface area contributed by atoms with Crippen LogP contribution in [-0.2, 0) is 16.6 Å². The van der Waals surface area contributed by atoms with Crippen molar-refractivity contribution >= 4 is 22.4 Å². The number of hydrogen-bond donors (Lipinski definition) is 0. The second-order valence-corrected chi connectivity index (χ2v) is 8.23. The first kappa shape index (κ1) is 16.8. The third-order valence-electron chi connectivity index (χ3n) is 3.82. The zero-order valence-corrected chi connectivity index (χ0v) is 13.9. The summed E-state index contributed by atoms with van der Waals surface area (Å²) in [7, 11) is -1.21. The molecule has 2 unspecified atom stereocenters. The molecule has 0 N–H and O–H groups in total. The highest BCUT2D eigenvalue weighted by atomic mass is 35.5. The quantitative estimate of drug-likeness (QED) is 0.758. The van der Waals surface area contributed by atoms with E-state index in [0.29, 0.717) is 23.7 Å². The Hall–Kier alpha value is -0.550. The zero-order chi connectivity index (χ0) is 15.7. The van der Waals surface area contributed by atoms with Gasteiger partial charge in [-0.15, -0.1) is 0 Å². The summed E-state index contributed by atoms with van der Waals surface area (Å²) in [5.74, 6) is -2.07. The number of aryl methyl sites for hydroxylation is 1. The second kappa shape index (κ2) is 6.29. The molecule has 0 aromatic carbocycles. The molecule has 118 valence electrons. The average molecular weight is 336 g/mol. The molecule has 1 fully saturated rings. The van der Waals surface area contributed by atoms with Crippen LogP contribution in [0.25, 0.3) is 0 Å². The molecular formula is C15H20ClF2NOS. The Morgan fingerprint density at radius 2 is 2.10 bits per heavy atom. The highest BCUT2D eigenvalue weighted by molar-refractivity contribution is 7.84. The van der Waals surface area contributed by atoms with Crippen molar-refractivity contribution in [3.8, 4) is 0 Å². The lowest BCUT2D eigenvalue weighted by Crippen LogP contribution is -2.37. The van der Waals surface area contributed by atoms with Crippen molar-refractivity contribution in [2.24, 2.45) is 5.41 Å². The number of alkyl halides is 2. The summed E-state index contributed by atoms with van der Waals surface area (Å²) in [6.07, 6.45) is 0.976. The summed E-state index contributed by atoms with van der Waals surface area (Å²) in [5, 5.41) is 0.373. The van der Waals surface area contributed by atoms with Gasteiger partial charge in [-0.05, 0) is 42.9 Å². The third-order valence-corrected chi connectivity index (χ3v) is 5.65. The molecule has 2 nitrogen and oxygen atoms in total. The largest absolute Gasteiger partial charge is 0.259 e. The van der Waals surface area contributed by atoms with Crippen LogP contribution in [-0.4, -0.2) is 20.9 Å². The van der Waals surface area contributed by atoms with E-state index < -0.39 is 22.1 Å². The molecule has 21 heavy (non-hydrogen) atoms. The Morgan fingerprint density at radius 3 is 2.71 bits per heavy atom. The Labute approximate surface area is 131 Å². The monoisotopic (exact) mass is 335 g/mol. The Morgan fingerprint density at radius 1 is 1.38 bits per heavy atom. The predicted molar refractivity (Wildman–Crippen MR) is 82.2 cm³/mol. The Kier molecular flexibility index (Phi) is 5.03. The lowest BCUT2D eigenvalue weighted by Gasteiger charge is -2.37. The summed E-state index contributed by atoms with van der Waals surface area (Å²) in [6, 6.07) is 3.57. The number of pyridine rings is 1. The van der Waals surface area contributed by atoms with Gasteiger partial charge in [-0.25, -0.2) is 13.8 Å². The van der Waals surface area contributed by atoms with E-state index >= 15 is 0 Å². The standard InChI is InChI=1S/C15H20ClF2NOS/c1-11-6-12(19-13(16)7-11)8-21(20)10-14(2)4-3-5-15(17,18)9-14/h6-7H,3-5,8-10H2,1-2H3. The molecule has 2 atom stereocenters. The van der Waals surface area contributed by atoms with Crippen LogP contribution < -0.4 is 0 Å². The smallest absolute Gasteiger partial charge is 0.248 e. The molecular weight excluding hydrogens is 316 g/mol. The SMILES string of the molecule is Cc1cc(Cl)nc(CS(=O)CC2(C)CCCC(F)(F)C2)c1. The van der Waals surface area contributed by atoms with E-state index in [9.17, 15) is 13.0 Å². The summed E-state index contributed by atoms with van der Waals surface area (Å²) >= 11 is 5.88. The van der Waals surface area contributed by atoms with Crippen LogP contribution in [0, 0.1) is 12.3 Å². The van der Waals surface area contributed by atoms with E-state index in [2.05, 4.69) is 4.98 Å². The average Bonchev–Trinajstić information content (AvgIpc) is 2.23. The maximum absolute atomic E-state index is 13.6. The second-order valence-electron chi connectivity index (χ2n) is 6.38. The molecule has 0 radical (unpaired) electrons. The lowest BCUT2D eigenvalue weighted by molar-refractivity contribution is -0.0716. The van der Waals surface area contributed by atoms with E-state index in [1.807, 2.05) is 19.9 Å². The number of nitrogens with zero attached hydrogens (tertiary/aromatic N) is 1. The number of rotatable bonds is 4. The molecule has 2 rings (SSSR count). The normalized spacial score (nSPS) is 26.5. The van der Waals surface area contributed by atoms with Crippen LogP contribution in [0.15, 0.2) is 12.1 Å². The van der Waals surface area contributed by atoms with Gasteiger partial charge in [-0.3, -0.25) is 4.21 Å². The van der Waals surface area contributed by atoms with Gasteiger partial charge in [0.15, 0.2) is 0 Å². The van der Waals surface area contributed by atoms with Crippen LogP contribution in [0.3, 0.4) is 0 Å². The van der Waals surface area contributed by atoms with Crippen LogP contribution in [0.1, 0.15) is 43.9 Å². The molecule has 1 heterocycles. The predicted octanol–water partition coefficient (Wildman–Crippen LogP) is 4.51. The minimum absolute atomic E-state index is 0.0513. The lowest BCUT2D eigenvalue weighted by atomic mass is 9.75. The van der Waals surface area contributed by atoms with Crippen molar-refractivity contribution in [1.82, 2.24) is 4.98 Å². The van der Waals surface area contributed by atoms with E-state index in [1.165, 1.54) is 0 Å². The number of aromatic nitrogens is 1. The molecule has 1 aliphatic rings. The van der Waals surface area contributed by atoms with Gasteiger partial charge >= 0.3 is 0 Å². The maximum atomic E-state index is 13.6. The van der Waals surface area contributed by atoms with Crippen molar-refractivity contribution in [2.45, 2.75) is 51.2 Å². The molecule has 0 bridgehead atoms. The van der Waals surface area contributed by atoms with Crippen molar-refractivity contribution in [3.05, 3.63) is 28.5 Å². The van der Waals surface area contributed by atoms with Gasteiger partial charge in [0.05, 0.1) is 11.4 Å². The third kappa shape index (κ3) is 4.99. The van der Waals surface area contributed by atoms with E-state index in [0.717, 1.165) is 5.56 Å². The first-order valence-corrected chi connectivity index (χ1v) is 8.90. The van der Waals surface area contributed by atoms with Crippen molar-refractivity contribution < 1.29 is 13.0 Å². The Balaban J connectivity index is 2.01. The fourth-order valence-corrected chi connectivity index (χ4v) is 4.96. The molecule has 0 saturated heterocycles. The van der Waals surface area contributed by atoms with Gasteiger partial charge in [0.25, 0.3) is 0 Å². The molecule has 1 aromatic heterocycles. The van der Waals surface area contributed by atoms with Gasteiger partial charge in [0.1, 0.15) is 5.15 Å². The van der Waals surface area contributed by atoms with Crippen LogP contribution in [0.2, 0.25) is 5.15 Å². The minimum atomic E-state index is -2.62. The highest BCUT2D eigenvalue weighted by Gasteiger charge is 2.43. The number of halogens is 3. The first-order valence-electron chi connectivity index (χ1n) is 7.03. The van der Waals surface area contributed by atoms with Crippen molar-refractivity contribution in [1.29, 1.82) is 0 Å². The van der Waals surface area contributed by atoms with Gasteiger partial charge in [-0.2, -0.15) is 0 Å². The molecule has 0 amide bonds. The zero-order valence-electron chi connectivity index (χ0n) is 12.3. The van der Waals surface area contributed by atoms with Gasteiger partial charge in [0, 0.05) is 29.4 Å². The molecule has 1 aromatic rings. The van der Waals surface area contributed by atoms with Gasteiger partial charge in [0.2, 0.25) is 5.92 Å². The summed E-state index contributed by atoms with van der Waals surface area (Å²) in [4.78, 5) is 4.14. The maximum Gasteiger partial charge on any atom is 0.248 e. The van der Waals surface area contributed by atoms with Gasteiger partial charge in [-0.1, -0.05) is 18.5 Å². The summed E-state index contributed by atoms with van der Waals surface area (Å²) in [5.41, 5.74) is 1.06. The summed E-state index contributed by atoms with van der Waals surface area (Å²) in [6.45, 7) is 3.71. The minimum Gasteiger partial charge on any atom is -0.259 e. The van der Waals surface area contributed by atoms with E-state index in [1.54, 1.807) is 6.07 Å². The fourth-order valence-electron chi connectivity index (χ4n) is 3.07. The molecule has 1 saturated carbocycles. The fraction of sp³-hybridized carbons (Fsp3) is 0.667. The Bertz CT molecular complexity index is 532. The highest BCUT2D eigenvalue weighted by Crippen LogP contribution is 2.44. The molecule has 1 aliphatic carbocycles. The number of hydrogen-bond acceptors (Lipinski definition) is 2. The van der Waals surface area contributed by atoms with Gasteiger partial charge < -0.3 is 0 Å². The van der Waals surface area contributed by atoms with E-state index in [-0.39, 0.29) is 24.3 Å². The van der Waals surface area contributed by atoms with Crippen LogP contribution >= 0.6 is 11.6 Å². The topological polar surface area (TPSA) is 30.0 Å². The molecule has 0 spiro atoms. The first-order chi connectivity index (χ1) is 9.67.